The molecule has 0 atom stereocenters. The molecular weight excluding hydrogens is 342 g/mol. The van der Waals surface area contributed by atoms with Crippen LogP contribution < -0.4 is 5.32 Å². The SMILES string of the molecule is CC(=O)c1ccccc1NC(=O)COC(=O)c1c(C)c(C)c(C)c(C)c1C. The molecule has 5 heteroatoms. The Morgan fingerprint density at radius 2 is 1.37 bits per heavy atom. The number of rotatable bonds is 5. The van der Waals surface area contributed by atoms with Crippen LogP contribution in [-0.2, 0) is 9.53 Å². The molecule has 0 radical (unpaired) electrons. The maximum atomic E-state index is 12.6. The minimum absolute atomic E-state index is 0.153. The predicted molar refractivity (Wildman–Crippen MR) is 105 cm³/mol. The summed E-state index contributed by atoms with van der Waals surface area (Å²) in [6.45, 7) is 10.7. The molecule has 2 aromatic carbocycles. The number of carbonyl (C=O) groups excluding carboxylic acids is 3. The highest BCUT2D eigenvalue weighted by Gasteiger charge is 2.20. The number of Topliss-reactive ketones (excluding diaryl/α,β-unsaturated/α-hetero) is 1. The van der Waals surface area contributed by atoms with Crippen LogP contribution >= 0.6 is 0 Å². The van der Waals surface area contributed by atoms with Gasteiger partial charge in [0.15, 0.2) is 12.4 Å². The standard InChI is InChI=1S/C22H25NO4/c1-12-13(2)15(4)21(16(5)14(12)3)22(26)27-11-20(25)23-19-10-8-7-9-18(19)17(6)24/h7-10H,11H2,1-6H3,(H,23,25). The minimum atomic E-state index is -0.522. The second-order valence-corrected chi connectivity index (χ2v) is 6.73. The maximum Gasteiger partial charge on any atom is 0.339 e. The highest BCUT2D eigenvalue weighted by atomic mass is 16.5. The van der Waals surface area contributed by atoms with Crippen LogP contribution in [0.2, 0.25) is 0 Å². The van der Waals surface area contributed by atoms with Crippen molar-refractivity contribution in [2.75, 3.05) is 11.9 Å². The number of carbonyl (C=O) groups is 3. The number of amides is 1. The molecule has 142 valence electrons. The second-order valence-electron chi connectivity index (χ2n) is 6.73. The number of hydrogen-bond donors (Lipinski definition) is 1. The third-order valence-electron chi connectivity index (χ3n) is 5.12. The third-order valence-corrected chi connectivity index (χ3v) is 5.12. The molecule has 0 aliphatic rings. The second kappa shape index (κ2) is 8.16. The molecule has 0 saturated carbocycles. The molecule has 2 aromatic rings. The Bertz CT molecular complexity index is 899. The lowest BCUT2D eigenvalue weighted by molar-refractivity contribution is -0.119. The van der Waals surface area contributed by atoms with Gasteiger partial charge in [0.05, 0.1) is 11.3 Å². The molecular formula is C22H25NO4. The fourth-order valence-electron chi connectivity index (χ4n) is 3.09. The van der Waals surface area contributed by atoms with Crippen molar-refractivity contribution in [2.45, 2.75) is 41.5 Å². The Labute approximate surface area is 159 Å². The van der Waals surface area contributed by atoms with Gasteiger partial charge in [0.25, 0.3) is 5.91 Å². The van der Waals surface area contributed by atoms with Crippen LogP contribution in [0, 0.1) is 34.6 Å². The fourth-order valence-corrected chi connectivity index (χ4v) is 3.09. The number of benzene rings is 2. The van der Waals surface area contributed by atoms with E-state index in [1.165, 1.54) is 6.92 Å². The van der Waals surface area contributed by atoms with Gasteiger partial charge in [-0.1, -0.05) is 12.1 Å². The van der Waals surface area contributed by atoms with E-state index in [-0.39, 0.29) is 5.78 Å². The number of para-hydroxylation sites is 1. The first-order valence-electron chi connectivity index (χ1n) is 8.79. The van der Waals surface area contributed by atoms with Crippen molar-refractivity contribution in [1.82, 2.24) is 0 Å². The van der Waals surface area contributed by atoms with Gasteiger partial charge in [-0.25, -0.2) is 4.79 Å². The van der Waals surface area contributed by atoms with E-state index in [0.29, 0.717) is 16.8 Å². The smallest absolute Gasteiger partial charge is 0.339 e. The van der Waals surface area contributed by atoms with Crippen molar-refractivity contribution in [3.63, 3.8) is 0 Å². The predicted octanol–water partition coefficient (Wildman–Crippen LogP) is 4.23. The summed E-state index contributed by atoms with van der Waals surface area (Å²) < 4.78 is 5.24. The Kier molecular flexibility index (Phi) is 6.16. The fraction of sp³-hybridized carbons (Fsp3) is 0.318. The van der Waals surface area contributed by atoms with Crippen molar-refractivity contribution in [2.24, 2.45) is 0 Å². The van der Waals surface area contributed by atoms with Gasteiger partial charge in [-0.05, 0) is 81.5 Å². The largest absolute Gasteiger partial charge is 0.452 e. The van der Waals surface area contributed by atoms with Crippen molar-refractivity contribution >= 4 is 23.3 Å². The van der Waals surface area contributed by atoms with E-state index in [0.717, 1.165) is 27.8 Å². The van der Waals surface area contributed by atoms with Gasteiger partial charge < -0.3 is 10.1 Å². The third kappa shape index (κ3) is 4.25. The maximum absolute atomic E-state index is 12.6. The Morgan fingerprint density at radius 3 is 1.93 bits per heavy atom. The molecule has 0 saturated heterocycles. The van der Waals surface area contributed by atoms with E-state index >= 15 is 0 Å². The van der Waals surface area contributed by atoms with E-state index in [1.807, 2.05) is 34.6 Å². The zero-order valence-corrected chi connectivity index (χ0v) is 16.6. The van der Waals surface area contributed by atoms with Gasteiger partial charge in [0, 0.05) is 5.56 Å². The van der Waals surface area contributed by atoms with Crippen LogP contribution in [0.1, 0.15) is 55.5 Å². The van der Waals surface area contributed by atoms with E-state index in [4.69, 9.17) is 4.74 Å². The van der Waals surface area contributed by atoms with Crippen LogP contribution in [0.5, 0.6) is 0 Å². The topological polar surface area (TPSA) is 72.5 Å². The molecule has 0 heterocycles. The van der Waals surface area contributed by atoms with E-state index in [2.05, 4.69) is 5.32 Å². The Morgan fingerprint density at radius 1 is 0.852 bits per heavy atom. The average molecular weight is 367 g/mol. The number of esters is 1. The lowest BCUT2D eigenvalue weighted by Gasteiger charge is -2.17. The van der Waals surface area contributed by atoms with Crippen LogP contribution in [0.3, 0.4) is 0 Å². The summed E-state index contributed by atoms with van der Waals surface area (Å²) in [7, 11) is 0. The zero-order chi connectivity index (χ0) is 20.3. The molecule has 0 aliphatic carbocycles. The molecule has 1 amide bonds. The van der Waals surface area contributed by atoms with Crippen LogP contribution in [0.4, 0.5) is 5.69 Å². The number of anilines is 1. The number of ether oxygens (including phenoxy) is 1. The molecule has 5 nitrogen and oxygen atoms in total. The molecule has 1 N–H and O–H groups in total. The van der Waals surface area contributed by atoms with Gasteiger partial charge in [-0.2, -0.15) is 0 Å². The molecule has 0 aliphatic heterocycles. The number of nitrogens with one attached hydrogen (secondary N) is 1. The van der Waals surface area contributed by atoms with Crippen LogP contribution in [0.25, 0.3) is 0 Å². The van der Waals surface area contributed by atoms with Crippen molar-refractivity contribution in [3.8, 4) is 0 Å². The average Bonchev–Trinajstić information content (AvgIpc) is 2.63. The first-order chi connectivity index (χ1) is 12.6. The Hall–Kier alpha value is -2.95. The monoisotopic (exact) mass is 367 g/mol. The lowest BCUT2D eigenvalue weighted by atomic mass is 9.90. The molecule has 27 heavy (non-hydrogen) atoms. The lowest BCUT2D eigenvalue weighted by Crippen LogP contribution is -2.23. The highest BCUT2D eigenvalue weighted by Crippen LogP contribution is 2.26. The molecule has 0 bridgehead atoms. The summed E-state index contributed by atoms with van der Waals surface area (Å²) in [6, 6.07) is 6.71. The van der Waals surface area contributed by atoms with Crippen LogP contribution in [-0.4, -0.2) is 24.3 Å². The van der Waals surface area contributed by atoms with Gasteiger partial charge in [-0.15, -0.1) is 0 Å². The summed E-state index contributed by atoms with van der Waals surface area (Å²) in [5.74, 6) is -1.17. The summed E-state index contributed by atoms with van der Waals surface area (Å²) >= 11 is 0. The molecule has 0 aromatic heterocycles. The first kappa shape index (κ1) is 20.4. The summed E-state index contributed by atoms with van der Waals surface area (Å²) in [5, 5.41) is 2.62. The Balaban J connectivity index is 2.13. The van der Waals surface area contributed by atoms with Gasteiger partial charge in [-0.3, -0.25) is 9.59 Å². The molecule has 0 spiro atoms. The summed E-state index contributed by atoms with van der Waals surface area (Å²) in [5.41, 5.74) is 6.29. The number of ketones is 1. The van der Waals surface area contributed by atoms with E-state index < -0.39 is 18.5 Å². The summed E-state index contributed by atoms with van der Waals surface area (Å²) in [4.78, 5) is 36.4. The van der Waals surface area contributed by atoms with Gasteiger partial charge >= 0.3 is 5.97 Å². The van der Waals surface area contributed by atoms with Crippen molar-refractivity contribution < 1.29 is 19.1 Å². The molecule has 2 rings (SSSR count). The normalized spacial score (nSPS) is 10.4. The zero-order valence-electron chi connectivity index (χ0n) is 16.6. The first-order valence-corrected chi connectivity index (χ1v) is 8.79. The van der Waals surface area contributed by atoms with Gasteiger partial charge in [0.1, 0.15) is 0 Å². The van der Waals surface area contributed by atoms with Gasteiger partial charge in [0.2, 0.25) is 0 Å². The summed E-state index contributed by atoms with van der Waals surface area (Å²) in [6.07, 6.45) is 0. The quantitative estimate of drug-likeness (QED) is 0.634. The molecule has 0 fully saturated rings. The minimum Gasteiger partial charge on any atom is -0.452 e. The van der Waals surface area contributed by atoms with E-state index in [9.17, 15) is 14.4 Å². The van der Waals surface area contributed by atoms with Crippen molar-refractivity contribution in [1.29, 1.82) is 0 Å². The highest BCUT2D eigenvalue weighted by molar-refractivity contribution is 6.04. The van der Waals surface area contributed by atoms with E-state index in [1.54, 1.807) is 24.3 Å². The molecule has 0 unspecified atom stereocenters. The van der Waals surface area contributed by atoms with Crippen LogP contribution in [0.15, 0.2) is 24.3 Å². The number of hydrogen-bond acceptors (Lipinski definition) is 4. The van der Waals surface area contributed by atoms with Crippen molar-refractivity contribution in [3.05, 3.63) is 63.2 Å².